The first-order valence-electron chi connectivity index (χ1n) is 9.75. The number of thioether (sulfide) groups is 1. The highest BCUT2D eigenvalue weighted by molar-refractivity contribution is 8.19. The van der Waals surface area contributed by atoms with Crippen LogP contribution in [0.25, 0.3) is 11.8 Å². The van der Waals surface area contributed by atoms with Crippen molar-refractivity contribution in [2.45, 2.75) is 13.8 Å². The number of phenols is 1. The zero-order valence-corrected chi connectivity index (χ0v) is 18.5. The normalized spacial score (nSPS) is 15.0. The predicted octanol–water partition coefficient (Wildman–Crippen LogP) is 4.83. The van der Waals surface area contributed by atoms with Gasteiger partial charge in [-0.3, -0.25) is 9.59 Å². The number of methoxy groups -OCH3 is 1. The van der Waals surface area contributed by atoms with Crippen LogP contribution in [0.4, 0.5) is 10.5 Å². The van der Waals surface area contributed by atoms with Crippen molar-refractivity contribution in [2.75, 3.05) is 12.0 Å². The Kier molecular flexibility index (Phi) is 5.63. The molecular formula is C24H20N2O5S. The van der Waals surface area contributed by atoms with Gasteiger partial charge < -0.3 is 14.4 Å². The minimum absolute atomic E-state index is 0.0555. The van der Waals surface area contributed by atoms with Crippen LogP contribution in [0, 0.1) is 13.8 Å². The third kappa shape index (κ3) is 3.80. The second-order valence-corrected chi connectivity index (χ2v) is 8.23. The van der Waals surface area contributed by atoms with Crippen molar-refractivity contribution in [1.29, 1.82) is 0 Å². The fraction of sp³-hybridized carbons (Fsp3) is 0.125. The van der Waals surface area contributed by atoms with Crippen LogP contribution in [0.1, 0.15) is 27.3 Å². The summed E-state index contributed by atoms with van der Waals surface area (Å²) in [5.74, 6) is -0.777. The first kappa shape index (κ1) is 21.5. The Bertz CT molecular complexity index is 1270. The molecule has 32 heavy (non-hydrogen) atoms. The fourth-order valence-corrected chi connectivity index (χ4v) is 4.49. The van der Waals surface area contributed by atoms with Gasteiger partial charge in [0.1, 0.15) is 5.75 Å². The van der Waals surface area contributed by atoms with E-state index in [0.717, 1.165) is 39.3 Å². The molecule has 0 radical (unpaired) electrons. The van der Waals surface area contributed by atoms with E-state index in [1.165, 1.54) is 31.4 Å². The number of carbonyl (C=O) groups is 3. The van der Waals surface area contributed by atoms with Gasteiger partial charge in [-0.2, -0.15) is 0 Å². The molecule has 0 aliphatic carbocycles. The molecule has 1 aromatic heterocycles. The Balaban J connectivity index is 1.69. The molecule has 3 aromatic rings. The van der Waals surface area contributed by atoms with Crippen LogP contribution in [0.5, 0.6) is 5.75 Å². The first-order chi connectivity index (χ1) is 15.3. The SMILES string of the molecule is COC(=O)c1cccc(-n2c(C)cc(/C=C3/SC(=O)N(c4ccc(O)cc4)C3=O)c2C)c1. The average molecular weight is 449 g/mol. The van der Waals surface area contributed by atoms with Crippen LogP contribution < -0.4 is 4.90 Å². The standard InChI is InChI=1S/C24H20N2O5S/c1-14-11-17(15(2)25(14)19-6-4-5-16(12-19)23(29)31-3)13-21-22(28)26(24(30)32-21)18-7-9-20(27)10-8-18/h4-13,27H,1-3H3/b21-13+. The molecule has 0 atom stereocenters. The van der Waals surface area contributed by atoms with Crippen LogP contribution >= 0.6 is 11.8 Å². The number of imide groups is 1. The second-order valence-electron chi connectivity index (χ2n) is 7.24. The molecule has 4 rings (SSSR count). The number of hydrogen-bond acceptors (Lipinski definition) is 6. The number of esters is 1. The number of amides is 2. The highest BCUT2D eigenvalue weighted by atomic mass is 32.2. The number of hydrogen-bond donors (Lipinski definition) is 1. The van der Waals surface area contributed by atoms with E-state index in [4.69, 9.17) is 4.74 Å². The van der Waals surface area contributed by atoms with E-state index < -0.39 is 17.1 Å². The minimum atomic E-state index is -0.419. The quantitative estimate of drug-likeness (QED) is 0.454. The van der Waals surface area contributed by atoms with Crippen molar-refractivity contribution in [1.82, 2.24) is 4.57 Å². The van der Waals surface area contributed by atoms with Crippen molar-refractivity contribution in [3.8, 4) is 11.4 Å². The number of aromatic hydroxyl groups is 1. The number of rotatable bonds is 4. The number of aromatic nitrogens is 1. The molecule has 0 spiro atoms. The number of aryl methyl sites for hydroxylation is 1. The molecule has 1 aliphatic rings. The molecule has 2 amide bonds. The van der Waals surface area contributed by atoms with Gasteiger partial charge in [-0.25, -0.2) is 9.69 Å². The summed E-state index contributed by atoms with van der Waals surface area (Å²) in [6, 6.07) is 14.9. The van der Waals surface area contributed by atoms with Gasteiger partial charge in [0.25, 0.3) is 11.1 Å². The van der Waals surface area contributed by atoms with E-state index in [0.29, 0.717) is 16.2 Å². The molecule has 1 saturated heterocycles. The van der Waals surface area contributed by atoms with E-state index in [2.05, 4.69) is 0 Å². The van der Waals surface area contributed by atoms with E-state index >= 15 is 0 Å². The molecule has 0 bridgehead atoms. The lowest BCUT2D eigenvalue weighted by molar-refractivity contribution is -0.113. The number of phenolic OH excluding ortho intramolecular Hbond substituents is 1. The lowest BCUT2D eigenvalue weighted by Gasteiger charge is -2.12. The Hall–Kier alpha value is -3.78. The number of ether oxygens (including phenoxy) is 1. The molecule has 2 aromatic carbocycles. The summed E-state index contributed by atoms with van der Waals surface area (Å²) >= 11 is 0.870. The van der Waals surface area contributed by atoms with E-state index in [1.807, 2.05) is 30.5 Å². The van der Waals surface area contributed by atoms with Gasteiger partial charge in [0.15, 0.2) is 0 Å². The lowest BCUT2D eigenvalue weighted by Crippen LogP contribution is -2.27. The molecule has 1 fully saturated rings. The number of anilines is 1. The van der Waals surface area contributed by atoms with E-state index in [9.17, 15) is 19.5 Å². The number of benzene rings is 2. The Morgan fingerprint density at radius 2 is 1.75 bits per heavy atom. The topological polar surface area (TPSA) is 88.8 Å². The summed E-state index contributed by atoms with van der Waals surface area (Å²) in [4.78, 5) is 38.7. The molecule has 162 valence electrons. The minimum Gasteiger partial charge on any atom is -0.508 e. The largest absolute Gasteiger partial charge is 0.508 e. The molecule has 1 N–H and O–H groups in total. The van der Waals surface area contributed by atoms with Gasteiger partial charge in [0.05, 0.1) is 23.3 Å². The molecule has 2 heterocycles. The summed E-state index contributed by atoms with van der Waals surface area (Å²) in [6.07, 6.45) is 1.70. The highest BCUT2D eigenvalue weighted by Gasteiger charge is 2.36. The summed E-state index contributed by atoms with van der Waals surface area (Å²) < 4.78 is 6.78. The van der Waals surface area contributed by atoms with Gasteiger partial charge in [0, 0.05) is 17.1 Å². The Morgan fingerprint density at radius 1 is 1.03 bits per heavy atom. The maximum Gasteiger partial charge on any atom is 0.337 e. The van der Waals surface area contributed by atoms with Crippen LogP contribution in [0.2, 0.25) is 0 Å². The van der Waals surface area contributed by atoms with Crippen LogP contribution in [0.3, 0.4) is 0 Å². The van der Waals surface area contributed by atoms with Crippen LogP contribution in [-0.2, 0) is 9.53 Å². The lowest BCUT2D eigenvalue weighted by atomic mass is 10.2. The molecule has 1 aliphatic heterocycles. The zero-order chi connectivity index (χ0) is 23.0. The monoisotopic (exact) mass is 448 g/mol. The molecule has 0 saturated carbocycles. The van der Waals surface area contributed by atoms with E-state index in [1.54, 1.807) is 24.3 Å². The van der Waals surface area contributed by atoms with Crippen molar-refractivity contribution in [3.05, 3.63) is 82.0 Å². The van der Waals surface area contributed by atoms with E-state index in [-0.39, 0.29) is 5.75 Å². The third-order valence-electron chi connectivity index (χ3n) is 5.18. The average Bonchev–Trinajstić information content (AvgIpc) is 3.22. The third-order valence-corrected chi connectivity index (χ3v) is 6.05. The van der Waals surface area contributed by atoms with Gasteiger partial charge in [-0.15, -0.1) is 0 Å². The fourth-order valence-electron chi connectivity index (χ4n) is 3.65. The summed E-state index contributed by atoms with van der Waals surface area (Å²) in [6.45, 7) is 3.84. The van der Waals surface area contributed by atoms with Gasteiger partial charge in [0.2, 0.25) is 0 Å². The number of nitrogens with zero attached hydrogens (tertiary/aromatic N) is 2. The predicted molar refractivity (Wildman–Crippen MR) is 123 cm³/mol. The second kappa shape index (κ2) is 8.39. The zero-order valence-electron chi connectivity index (χ0n) is 17.7. The van der Waals surface area contributed by atoms with Crippen LogP contribution in [-0.4, -0.2) is 33.9 Å². The molecule has 7 nitrogen and oxygen atoms in total. The maximum absolute atomic E-state index is 12.9. The number of carbonyl (C=O) groups excluding carboxylic acids is 3. The summed E-state index contributed by atoms with van der Waals surface area (Å²) in [5.41, 5.74) is 4.20. The van der Waals surface area contributed by atoms with Gasteiger partial charge in [-0.05, 0) is 85.8 Å². The smallest absolute Gasteiger partial charge is 0.337 e. The summed E-state index contributed by atoms with van der Waals surface area (Å²) in [7, 11) is 1.34. The van der Waals surface area contributed by atoms with Gasteiger partial charge >= 0.3 is 5.97 Å². The molecule has 8 heteroatoms. The highest BCUT2D eigenvalue weighted by Crippen LogP contribution is 2.37. The Morgan fingerprint density at radius 3 is 2.44 bits per heavy atom. The molecule has 0 unspecified atom stereocenters. The first-order valence-corrected chi connectivity index (χ1v) is 10.6. The van der Waals surface area contributed by atoms with Crippen molar-refractivity contribution >= 4 is 40.6 Å². The van der Waals surface area contributed by atoms with Gasteiger partial charge in [-0.1, -0.05) is 6.07 Å². The summed E-state index contributed by atoms with van der Waals surface area (Å²) in [5, 5.41) is 9.06. The van der Waals surface area contributed by atoms with Crippen molar-refractivity contribution in [3.63, 3.8) is 0 Å². The maximum atomic E-state index is 12.9. The van der Waals surface area contributed by atoms with Crippen molar-refractivity contribution < 1.29 is 24.2 Å². The molecular weight excluding hydrogens is 428 g/mol. The van der Waals surface area contributed by atoms with Crippen molar-refractivity contribution in [2.24, 2.45) is 0 Å². The van der Waals surface area contributed by atoms with Crippen LogP contribution in [0.15, 0.2) is 59.5 Å². The Labute approximate surface area is 188 Å².